The number of imide groups is 1. The molecule has 77 heavy (non-hydrogen) atoms. The number of esters is 1. The molecule has 0 aliphatic carbocycles. The molecule has 1 aromatic rings. The maximum Gasteiger partial charge on any atom is 0.409 e. The molecule has 0 spiro atoms. The van der Waals surface area contributed by atoms with E-state index < -0.39 is 70.8 Å². The maximum absolute atomic E-state index is 14.1. The Morgan fingerprint density at radius 3 is 2.25 bits per heavy atom. The minimum Gasteiger partial charge on any atom is -0.457 e. The number of nitrogens with zero attached hydrogens (tertiary/aromatic N) is 2. The number of amides is 6. The molecule has 3 fully saturated rings. The minimum absolute atomic E-state index is 0.0104. The Balaban J connectivity index is 0.000000606. The largest absolute Gasteiger partial charge is 0.457 e. The molecule has 21 nitrogen and oxygen atoms in total. The van der Waals surface area contributed by atoms with Gasteiger partial charge in [0.2, 0.25) is 29.5 Å². The van der Waals surface area contributed by atoms with Crippen molar-refractivity contribution in [3.8, 4) is 0 Å². The molecule has 1 aromatic carbocycles. The highest BCUT2D eigenvalue weighted by Crippen LogP contribution is 2.49. The first-order valence-corrected chi connectivity index (χ1v) is 27.9. The quantitative estimate of drug-likeness (QED) is 0.0478. The van der Waals surface area contributed by atoms with Crippen molar-refractivity contribution in [3.63, 3.8) is 0 Å². The van der Waals surface area contributed by atoms with Crippen LogP contribution < -0.4 is 20.9 Å². The molecule has 1 unspecified atom stereocenters. The van der Waals surface area contributed by atoms with Crippen LogP contribution in [0.4, 0.5) is 10.5 Å². The van der Waals surface area contributed by atoms with E-state index in [9.17, 15) is 38.7 Å². The van der Waals surface area contributed by atoms with Crippen LogP contribution in [0, 0.1) is 18.8 Å². The molecule has 9 atom stereocenters. The average molecular weight is 1120 g/mol. The summed E-state index contributed by atoms with van der Waals surface area (Å²) in [6.45, 7) is 19.5. The van der Waals surface area contributed by atoms with Crippen LogP contribution in [0.2, 0.25) is 5.02 Å². The first-order valence-electron chi connectivity index (χ1n) is 26.4. The van der Waals surface area contributed by atoms with Gasteiger partial charge in [-0.15, -0.1) is 11.8 Å². The number of ether oxygens (including phenoxy) is 8. The third-order valence-electron chi connectivity index (χ3n) is 13.7. The summed E-state index contributed by atoms with van der Waals surface area (Å²) in [4.78, 5) is 91.2. The van der Waals surface area contributed by atoms with Gasteiger partial charge >= 0.3 is 12.1 Å². The van der Waals surface area contributed by atoms with E-state index in [1.54, 1.807) is 27.9 Å². The van der Waals surface area contributed by atoms with E-state index >= 15 is 0 Å². The summed E-state index contributed by atoms with van der Waals surface area (Å²) in [5, 5.41) is 19.2. The molecule has 23 heteroatoms. The number of fused-ring (bicyclic) bond motifs is 5. The van der Waals surface area contributed by atoms with Crippen molar-refractivity contribution in [1.82, 2.24) is 20.9 Å². The zero-order valence-electron chi connectivity index (χ0n) is 46.4. The number of anilines is 1. The number of allylic oxidation sites excluding steroid dienone is 3. The number of aryl methyl sites for hydroxylation is 1. The topological polar surface area (TPSA) is 259 Å². The second-order valence-electron chi connectivity index (χ2n) is 19.6. The van der Waals surface area contributed by atoms with Crippen molar-refractivity contribution < 1.29 is 76.6 Å². The van der Waals surface area contributed by atoms with E-state index in [0.717, 1.165) is 21.6 Å². The number of alkyl carbamates (subject to hydrolysis) is 1. The van der Waals surface area contributed by atoms with Gasteiger partial charge in [0.05, 0.1) is 81.3 Å². The molecule has 4 aliphatic rings. The van der Waals surface area contributed by atoms with Crippen LogP contribution in [0.3, 0.4) is 0 Å². The molecule has 0 radical (unpaired) electrons. The molecule has 432 valence electrons. The Hall–Kier alpha value is -4.65. The Kier molecular flexibility index (Phi) is 26.8. The monoisotopic (exact) mass is 1120 g/mol. The molecule has 4 bridgehead atoms. The third-order valence-corrected chi connectivity index (χ3v) is 15.3. The van der Waals surface area contributed by atoms with E-state index in [4.69, 9.17) is 49.5 Å². The number of carbonyl (C=O) groups is 7. The van der Waals surface area contributed by atoms with Crippen LogP contribution in [0.15, 0.2) is 35.9 Å². The van der Waals surface area contributed by atoms with Crippen LogP contribution in [0.1, 0.15) is 91.7 Å². The van der Waals surface area contributed by atoms with Gasteiger partial charge in [0.1, 0.15) is 23.5 Å². The summed E-state index contributed by atoms with van der Waals surface area (Å²) in [5.74, 6) is -2.78. The maximum atomic E-state index is 14.1. The smallest absolute Gasteiger partial charge is 0.409 e. The van der Waals surface area contributed by atoms with E-state index in [-0.39, 0.29) is 62.5 Å². The van der Waals surface area contributed by atoms with E-state index in [2.05, 4.69) is 16.0 Å². The number of rotatable bonds is 24. The molecular formula is C54H82ClN5O16S. The summed E-state index contributed by atoms with van der Waals surface area (Å²) in [6.07, 6.45) is 1.99. The van der Waals surface area contributed by atoms with Gasteiger partial charge in [-0.1, -0.05) is 55.3 Å². The fourth-order valence-corrected chi connectivity index (χ4v) is 10.1. The van der Waals surface area contributed by atoms with E-state index in [1.807, 2.05) is 65.0 Å². The molecule has 0 saturated carbocycles. The van der Waals surface area contributed by atoms with Crippen molar-refractivity contribution in [3.05, 3.63) is 52.1 Å². The molecule has 4 heterocycles. The molecule has 4 N–H and O–H groups in total. The molecule has 5 rings (SSSR count). The number of benzene rings is 1. The second-order valence-corrected chi connectivity index (χ2v) is 21.3. The number of thioether (sulfide) groups is 1. The number of likely N-dealkylation sites (tertiary alicyclic amines) is 1. The van der Waals surface area contributed by atoms with Crippen LogP contribution in [0.5, 0.6) is 0 Å². The van der Waals surface area contributed by atoms with Crippen LogP contribution in [-0.2, 0) is 73.1 Å². The van der Waals surface area contributed by atoms with Crippen molar-refractivity contribution in [2.24, 2.45) is 11.8 Å². The second kappa shape index (κ2) is 31.8. The molecule has 6 amide bonds. The number of halogens is 1. The standard InChI is InChI=1S/C42H57ClN4O11S.C12H25NO5/c1-9-44-33(48)13-14-47-35(50)20-31(38(47)51)59-16-15-55-27(6)39(52)57-32-21-34(49)46(8)29-19-28(18-24(3)36(29)43)17-23(2)11-10-12-25(4)42(54)22-30(56-40(53)45-42)26(5)37-41(32,7)58-37;1-3-15-6-7-17-10-11-18-9-8-16-5-4-12(14)13-2/h10-12,18-19,25-27,30-32,37,54H,9,13-17,20-22H2,1-8H3,(H,44,48)(H,45,53);3-11H2,1-2H3,(H,13,14)/b12-10+,23-11+;/t25-,26-,27+,30+,31?,32+,37+,41+,42+;/m1./s1. The van der Waals surface area contributed by atoms with Gasteiger partial charge in [-0.2, -0.15) is 0 Å². The van der Waals surface area contributed by atoms with Gasteiger partial charge in [-0.3, -0.25) is 34.2 Å². The minimum atomic E-state index is -1.62. The van der Waals surface area contributed by atoms with Crippen molar-refractivity contribution >= 4 is 70.6 Å². The number of epoxide rings is 1. The first kappa shape index (κ1) is 64.9. The fraction of sp³-hybridized carbons (Fsp3) is 0.685. The molecular weight excluding hydrogens is 1040 g/mol. The lowest BCUT2D eigenvalue weighted by Gasteiger charge is -2.41. The van der Waals surface area contributed by atoms with Crippen molar-refractivity contribution in [2.45, 2.75) is 135 Å². The van der Waals surface area contributed by atoms with Crippen LogP contribution >= 0.6 is 23.4 Å². The Bertz CT molecular complexity index is 2240. The summed E-state index contributed by atoms with van der Waals surface area (Å²) >= 11 is 8.01. The summed E-state index contributed by atoms with van der Waals surface area (Å²) in [6, 6.07) is 3.82. The highest BCUT2D eigenvalue weighted by molar-refractivity contribution is 8.00. The number of nitrogens with one attached hydrogen (secondary N) is 3. The normalized spacial score (nSPS) is 27.0. The number of carbonyl (C=O) groups excluding carboxylic acids is 7. The number of hydrogen-bond acceptors (Lipinski definition) is 17. The SMILES string of the molecule is CCNC(=O)CCN1C(=O)CC(SCCO[C@@H](C)C(=O)O[C@H]2CC(=O)N(C)c3cc(cc(C)c3Cl)C/C(C)=C/C=C/[C@@H](C)[C@@]3(O)C[C@H](OC(=O)N3)[C@@H](C)[C@@H]3O[C@@]23C)C1=O.CCOCCOCCOCCOCCC(=O)NC. The van der Waals surface area contributed by atoms with E-state index in [0.29, 0.717) is 88.7 Å². The van der Waals surface area contributed by atoms with E-state index in [1.165, 1.54) is 23.6 Å². The van der Waals surface area contributed by atoms with Crippen LogP contribution in [0.25, 0.3) is 0 Å². The summed E-state index contributed by atoms with van der Waals surface area (Å²) < 4.78 is 44.7. The molecule has 3 saturated heterocycles. The zero-order valence-corrected chi connectivity index (χ0v) is 48.0. The summed E-state index contributed by atoms with van der Waals surface area (Å²) in [5.41, 5.74) is 0.395. The van der Waals surface area contributed by atoms with Gasteiger partial charge in [0.25, 0.3) is 0 Å². The van der Waals surface area contributed by atoms with Gasteiger partial charge in [-0.05, 0) is 65.2 Å². The lowest BCUT2D eigenvalue weighted by atomic mass is 9.82. The van der Waals surface area contributed by atoms with Crippen LogP contribution in [-0.4, -0.2) is 185 Å². The lowest BCUT2D eigenvalue weighted by Crippen LogP contribution is -2.60. The first-order chi connectivity index (χ1) is 36.6. The third kappa shape index (κ3) is 19.9. The van der Waals surface area contributed by atoms with Crippen molar-refractivity contribution in [1.29, 1.82) is 0 Å². The summed E-state index contributed by atoms with van der Waals surface area (Å²) in [7, 11) is 3.22. The number of hydrogen-bond donors (Lipinski definition) is 4. The highest BCUT2D eigenvalue weighted by Gasteiger charge is 2.64. The zero-order chi connectivity index (χ0) is 56.9. The fourth-order valence-electron chi connectivity index (χ4n) is 8.88. The van der Waals surface area contributed by atoms with Gasteiger partial charge < -0.3 is 58.5 Å². The van der Waals surface area contributed by atoms with Gasteiger partial charge in [0, 0.05) is 77.1 Å². The van der Waals surface area contributed by atoms with Gasteiger partial charge in [-0.25, -0.2) is 9.59 Å². The predicted molar refractivity (Wildman–Crippen MR) is 289 cm³/mol. The van der Waals surface area contributed by atoms with Gasteiger partial charge in [0.15, 0.2) is 6.10 Å². The number of aliphatic hydroxyl groups is 1. The molecule has 0 aromatic heterocycles. The van der Waals surface area contributed by atoms with Crippen molar-refractivity contribution in [2.75, 3.05) is 97.3 Å². The predicted octanol–water partition coefficient (Wildman–Crippen LogP) is 4.59. The Morgan fingerprint density at radius 1 is 0.935 bits per heavy atom. The molecule has 4 aliphatic heterocycles. The Morgan fingerprint density at radius 2 is 1.60 bits per heavy atom. The average Bonchev–Trinajstić information content (AvgIpc) is 4.04. The lowest BCUT2D eigenvalue weighted by molar-refractivity contribution is -0.165. The highest BCUT2D eigenvalue weighted by atomic mass is 35.5. The Labute approximate surface area is 462 Å².